The van der Waals surface area contributed by atoms with Gasteiger partial charge in [-0.25, -0.2) is 0 Å². The van der Waals surface area contributed by atoms with E-state index in [1.165, 1.54) is 0 Å². The van der Waals surface area contributed by atoms with Crippen LogP contribution in [0.25, 0.3) is 0 Å². The molecular formula is C14H20N2O2. The molecule has 0 aliphatic heterocycles. The van der Waals surface area contributed by atoms with E-state index in [2.05, 4.69) is 5.32 Å². The van der Waals surface area contributed by atoms with E-state index in [1.54, 1.807) is 7.05 Å². The molecular weight excluding hydrogens is 228 g/mol. The van der Waals surface area contributed by atoms with Crippen LogP contribution in [0.4, 0.5) is 0 Å². The van der Waals surface area contributed by atoms with Crippen LogP contribution in [0.3, 0.4) is 0 Å². The molecule has 0 aromatic heterocycles. The van der Waals surface area contributed by atoms with Crippen molar-refractivity contribution >= 4 is 11.7 Å². The topological polar surface area (TPSA) is 72.2 Å². The van der Waals surface area contributed by atoms with Crippen molar-refractivity contribution in [2.24, 2.45) is 5.73 Å². The van der Waals surface area contributed by atoms with Crippen LogP contribution in [-0.2, 0) is 16.0 Å². The number of Topliss-reactive ketones (excluding diaryl/α,β-unsaturated/α-hetero) is 1. The summed E-state index contributed by atoms with van der Waals surface area (Å²) in [4.78, 5) is 22.8. The molecule has 0 fully saturated rings. The fourth-order valence-electron chi connectivity index (χ4n) is 1.67. The molecule has 0 bridgehead atoms. The molecule has 0 radical (unpaired) electrons. The number of carbonyl (C=O) groups is 2. The summed E-state index contributed by atoms with van der Waals surface area (Å²) in [7, 11) is 1.57. The summed E-state index contributed by atoms with van der Waals surface area (Å²) in [6, 6.07) is 9.29. The fraction of sp³-hybridized carbons (Fsp3) is 0.429. The molecule has 1 rings (SSSR count). The van der Waals surface area contributed by atoms with Crippen molar-refractivity contribution in [1.82, 2.24) is 5.32 Å². The minimum Gasteiger partial charge on any atom is -0.359 e. The lowest BCUT2D eigenvalue weighted by Gasteiger charge is -2.09. The highest BCUT2D eigenvalue weighted by Crippen LogP contribution is 2.05. The van der Waals surface area contributed by atoms with Crippen LogP contribution in [0.2, 0.25) is 0 Å². The van der Waals surface area contributed by atoms with E-state index in [0.29, 0.717) is 25.7 Å². The molecule has 18 heavy (non-hydrogen) atoms. The van der Waals surface area contributed by atoms with Gasteiger partial charge in [0.1, 0.15) is 5.78 Å². The zero-order valence-electron chi connectivity index (χ0n) is 10.7. The zero-order valence-corrected chi connectivity index (χ0v) is 10.7. The number of hydrogen-bond donors (Lipinski definition) is 2. The summed E-state index contributed by atoms with van der Waals surface area (Å²) in [5.74, 6) is -0.0657. The second-order valence-electron chi connectivity index (χ2n) is 4.27. The largest absolute Gasteiger partial charge is 0.359 e. The minimum atomic E-state index is -0.536. The van der Waals surface area contributed by atoms with Gasteiger partial charge in [0.05, 0.1) is 6.04 Å². The molecule has 0 saturated carbocycles. The van der Waals surface area contributed by atoms with Crippen molar-refractivity contribution in [3.63, 3.8) is 0 Å². The van der Waals surface area contributed by atoms with Gasteiger partial charge in [-0.2, -0.15) is 0 Å². The average Bonchev–Trinajstić information content (AvgIpc) is 2.42. The molecule has 0 spiro atoms. The first-order chi connectivity index (χ1) is 8.63. The van der Waals surface area contributed by atoms with Gasteiger partial charge in [-0.05, 0) is 18.4 Å². The van der Waals surface area contributed by atoms with Crippen LogP contribution in [0.1, 0.15) is 24.8 Å². The first-order valence-corrected chi connectivity index (χ1v) is 6.16. The van der Waals surface area contributed by atoms with Crippen molar-refractivity contribution in [2.75, 3.05) is 7.05 Å². The minimum absolute atomic E-state index is 0.0164. The van der Waals surface area contributed by atoms with E-state index in [4.69, 9.17) is 5.73 Å². The van der Waals surface area contributed by atoms with Gasteiger partial charge in [0.15, 0.2) is 0 Å². The summed E-state index contributed by atoms with van der Waals surface area (Å²) < 4.78 is 0. The molecule has 0 aliphatic carbocycles. The van der Waals surface area contributed by atoms with Crippen molar-refractivity contribution in [2.45, 2.75) is 31.7 Å². The number of hydrogen-bond acceptors (Lipinski definition) is 3. The maximum atomic E-state index is 11.8. The molecule has 1 atom stereocenters. The van der Waals surface area contributed by atoms with Gasteiger partial charge < -0.3 is 11.1 Å². The first kappa shape index (κ1) is 14.4. The number of benzene rings is 1. The Morgan fingerprint density at radius 2 is 1.89 bits per heavy atom. The second-order valence-corrected chi connectivity index (χ2v) is 4.27. The number of amides is 1. The molecule has 0 heterocycles. The van der Waals surface area contributed by atoms with E-state index in [1.807, 2.05) is 30.3 Å². The maximum Gasteiger partial charge on any atom is 0.219 e. The number of ketones is 1. The third-order valence-corrected chi connectivity index (χ3v) is 2.88. The number of aryl methyl sites for hydroxylation is 1. The van der Waals surface area contributed by atoms with Crippen LogP contribution < -0.4 is 11.1 Å². The first-order valence-electron chi connectivity index (χ1n) is 6.16. The summed E-state index contributed by atoms with van der Waals surface area (Å²) in [6.45, 7) is 0. The Hall–Kier alpha value is -1.68. The Morgan fingerprint density at radius 3 is 2.50 bits per heavy atom. The summed E-state index contributed by atoms with van der Waals surface area (Å²) in [5, 5.41) is 2.51. The van der Waals surface area contributed by atoms with Crippen molar-refractivity contribution < 1.29 is 9.59 Å². The van der Waals surface area contributed by atoms with Gasteiger partial charge in [-0.1, -0.05) is 30.3 Å². The third kappa shape index (κ3) is 5.10. The second kappa shape index (κ2) is 7.61. The van der Waals surface area contributed by atoms with Gasteiger partial charge in [-0.3, -0.25) is 9.59 Å². The monoisotopic (exact) mass is 248 g/mol. The van der Waals surface area contributed by atoms with Crippen LogP contribution in [0, 0.1) is 0 Å². The predicted molar refractivity (Wildman–Crippen MR) is 71.0 cm³/mol. The highest BCUT2D eigenvalue weighted by atomic mass is 16.1. The lowest BCUT2D eigenvalue weighted by atomic mass is 10.0. The number of nitrogens with two attached hydrogens (primary N) is 1. The lowest BCUT2D eigenvalue weighted by molar-refractivity contribution is -0.122. The normalized spacial score (nSPS) is 11.9. The Kier molecular flexibility index (Phi) is 6.08. The SMILES string of the molecule is CNC(=O)CC[C@H](N)C(=O)CCc1ccccc1. The molecule has 0 aliphatic rings. The maximum absolute atomic E-state index is 11.8. The molecule has 0 unspecified atom stereocenters. The van der Waals surface area contributed by atoms with Crippen LogP contribution >= 0.6 is 0 Å². The average molecular weight is 248 g/mol. The Balaban J connectivity index is 2.30. The fourth-order valence-corrected chi connectivity index (χ4v) is 1.67. The zero-order chi connectivity index (χ0) is 13.4. The van der Waals surface area contributed by atoms with Crippen LogP contribution in [-0.4, -0.2) is 24.8 Å². The van der Waals surface area contributed by atoms with Crippen molar-refractivity contribution in [1.29, 1.82) is 0 Å². The molecule has 4 nitrogen and oxygen atoms in total. The Morgan fingerprint density at radius 1 is 1.22 bits per heavy atom. The summed E-state index contributed by atoms with van der Waals surface area (Å²) in [5.41, 5.74) is 6.88. The highest BCUT2D eigenvalue weighted by molar-refractivity contribution is 5.85. The van der Waals surface area contributed by atoms with Crippen LogP contribution in [0.5, 0.6) is 0 Å². The highest BCUT2D eigenvalue weighted by Gasteiger charge is 2.14. The molecule has 98 valence electrons. The third-order valence-electron chi connectivity index (χ3n) is 2.88. The van der Waals surface area contributed by atoms with Crippen LogP contribution in [0.15, 0.2) is 30.3 Å². The van der Waals surface area contributed by atoms with Gasteiger partial charge in [0, 0.05) is 19.9 Å². The van der Waals surface area contributed by atoms with Gasteiger partial charge in [0.2, 0.25) is 5.91 Å². The molecule has 1 aromatic rings. The Bertz CT molecular complexity index is 390. The van der Waals surface area contributed by atoms with E-state index >= 15 is 0 Å². The quantitative estimate of drug-likeness (QED) is 0.757. The molecule has 1 amide bonds. The van der Waals surface area contributed by atoms with Crippen molar-refractivity contribution in [3.05, 3.63) is 35.9 Å². The van der Waals surface area contributed by atoms with E-state index in [9.17, 15) is 9.59 Å². The van der Waals surface area contributed by atoms with E-state index < -0.39 is 6.04 Å². The Labute approximate surface area is 108 Å². The predicted octanol–water partition coefficient (Wildman–Crippen LogP) is 1.04. The molecule has 1 aromatic carbocycles. The number of rotatable bonds is 7. The molecule has 4 heteroatoms. The van der Waals surface area contributed by atoms with E-state index in [-0.39, 0.29) is 11.7 Å². The van der Waals surface area contributed by atoms with Gasteiger partial charge >= 0.3 is 0 Å². The van der Waals surface area contributed by atoms with E-state index in [0.717, 1.165) is 5.56 Å². The number of carbonyl (C=O) groups excluding carboxylic acids is 2. The summed E-state index contributed by atoms with van der Waals surface area (Å²) in [6.07, 6.45) is 1.84. The molecule has 0 saturated heterocycles. The molecule has 3 N–H and O–H groups in total. The van der Waals surface area contributed by atoms with Gasteiger partial charge in [-0.15, -0.1) is 0 Å². The number of nitrogens with one attached hydrogen (secondary N) is 1. The van der Waals surface area contributed by atoms with Crippen molar-refractivity contribution in [3.8, 4) is 0 Å². The lowest BCUT2D eigenvalue weighted by Crippen LogP contribution is -2.32. The smallest absolute Gasteiger partial charge is 0.219 e. The summed E-state index contributed by atoms with van der Waals surface area (Å²) >= 11 is 0. The standard InChI is InChI=1S/C14H20N2O2/c1-16-14(18)10-8-12(15)13(17)9-7-11-5-3-2-4-6-11/h2-6,12H,7-10,15H2,1H3,(H,16,18)/t12-/m0/s1. The van der Waals surface area contributed by atoms with Gasteiger partial charge in [0.25, 0.3) is 0 Å².